The molecule has 4 rings (SSSR count). The molecule has 1 N–H and O–H groups in total. The number of urea groups is 1. The highest BCUT2D eigenvalue weighted by molar-refractivity contribution is 5.89. The third kappa shape index (κ3) is 4.62. The quantitative estimate of drug-likeness (QED) is 0.865. The summed E-state index contributed by atoms with van der Waals surface area (Å²) in [5.41, 5.74) is 2.59. The Morgan fingerprint density at radius 2 is 1.45 bits per heavy atom. The lowest BCUT2D eigenvalue weighted by Gasteiger charge is -2.36. The van der Waals surface area contributed by atoms with Gasteiger partial charge < -0.3 is 24.9 Å². The zero-order chi connectivity index (χ0) is 20.2. The van der Waals surface area contributed by atoms with Crippen molar-refractivity contribution in [1.29, 1.82) is 0 Å². The first-order valence-corrected chi connectivity index (χ1v) is 10.2. The number of hydrogen-bond acceptors (Lipinski definition) is 4. The van der Waals surface area contributed by atoms with Gasteiger partial charge in [-0.05, 0) is 43.4 Å². The third-order valence-electron chi connectivity index (χ3n) is 5.75. The number of benzene rings is 2. The number of piperazine rings is 2. The number of rotatable bonds is 3. The second-order valence-electron chi connectivity index (χ2n) is 7.69. The summed E-state index contributed by atoms with van der Waals surface area (Å²) in [6.07, 6.45) is 0. The Morgan fingerprint density at radius 3 is 2.10 bits per heavy atom. The van der Waals surface area contributed by atoms with Gasteiger partial charge in [-0.25, -0.2) is 9.18 Å². The van der Waals surface area contributed by atoms with Gasteiger partial charge >= 0.3 is 6.03 Å². The van der Waals surface area contributed by atoms with E-state index in [1.807, 2.05) is 23.1 Å². The molecule has 0 aliphatic carbocycles. The average Bonchev–Trinajstić information content (AvgIpc) is 2.75. The minimum absolute atomic E-state index is 0.106. The molecule has 154 valence electrons. The molecule has 2 saturated heterocycles. The third-order valence-corrected chi connectivity index (χ3v) is 5.75. The molecular weight excluding hydrogens is 369 g/mol. The molecule has 2 aliphatic heterocycles. The fraction of sp³-hybridized carbons (Fsp3) is 0.409. The van der Waals surface area contributed by atoms with Crippen molar-refractivity contribution in [1.82, 2.24) is 9.80 Å². The van der Waals surface area contributed by atoms with E-state index in [4.69, 9.17) is 0 Å². The Labute approximate surface area is 171 Å². The van der Waals surface area contributed by atoms with Gasteiger partial charge in [-0.15, -0.1) is 0 Å². The minimum atomic E-state index is -0.217. The fourth-order valence-electron chi connectivity index (χ4n) is 3.88. The van der Waals surface area contributed by atoms with Gasteiger partial charge in [0.1, 0.15) is 5.82 Å². The van der Waals surface area contributed by atoms with Crippen LogP contribution in [0.25, 0.3) is 0 Å². The number of para-hydroxylation sites is 1. The lowest BCUT2D eigenvalue weighted by Crippen LogP contribution is -2.50. The van der Waals surface area contributed by atoms with Crippen molar-refractivity contribution in [2.24, 2.45) is 0 Å². The average molecular weight is 397 g/mol. The number of anilines is 3. The maximum atomic E-state index is 14.0. The van der Waals surface area contributed by atoms with Crippen LogP contribution in [0.2, 0.25) is 0 Å². The van der Waals surface area contributed by atoms with Gasteiger partial charge in [-0.2, -0.15) is 0 Å². The van der Waals surface area contributed by atoms with Crippen molar-refractivity contribution in [3.05, 3.63) is 54.3 Å². The minimum Gasteiger partial charge on any atom is -0.369 e. The first-order valence-electron chi connectivity index (χ1n) is 10.2. The number of likely N-dealkylation sites (N-methyl/N-ethyl adjacent to an activating group) is 1. The molecule has 2 aromatic carbocycles. The molecule has 0 spiro atoms. The van der Waals surface area contributed by atoms with Crippen LogP contribution >= 0.6 is 0 Å². The number of halogens is 1. The summed E-state index contributed by atoms with van der Waals surface area (Å²) in [4.78, 5) is 21.1. The number of nitrogens with one attached hydrogen (secondary N) is 1. The maximum Gasteiger partial charge on any atom is 0.321 e. The van der Waals surface area contributed by atoms with E-state index in [-0.39, 0.29) is 11.8 Å². The fourth-order valence-corrected chi connectivity index (χ4v) is 3.88. The highest BCUT2D eigenvalue weighted by Crippen LogP contribution is 2.22. The molecule has 2 heterocycles. The van der Waals surface area contributed by atoms with Gasteiger partial charge in [0.2, 0.25) is 0 Å². The van der Waals surface area contributed by atoms with Crippen molar-refractivity contribution in [2.45, 2.75) is 0 Å². The van der Waals surface area contributed by atoms with Crippen molar-refractivity contribution < 1.29 is 9.18 Å². The molecule has 2 fully saturated rings. The summed E-state index contributed by atoms with van der Waals surface area (Å²) in [5, 5.41) is 2.98. The predicted octanol–water partition coefficient (Wildman–Crippen LogP) is 2.93. The summed E-state index contributed by atoms with van der Waals surface area (Å²) < 4.78 is 14.0. The van der Waals surface area contributed by atoms with Crippen LogP contribution in [0.5, 0.6) is 0 Å². The van der Waals surface area contributed by atoms with Crippen LogP contribution in [0, 0.1) is 5.82 Å². The van der Waals surface area contributed by atoms with Crippen molar-refractivity contribution in [3.63, 3.8) is 0 Å². The Hall–Kier alpha value is -2.80. The molecule has 2 aromatic rings. The summed E-state index contributed by atoms with van der Waals surface area (Å²) in [6.45, 7) is 6.56. The van der Waals surface area contributed by atoms with E-state index < -0.39 is 0 Å². The van der Waals surface area contributed by atoms with Crippen LogP contribution in [-0.2, 0) is 0 Å². The van der Waals surface area contributed by atoms with Gasteiger partial charge in [0.25, 0.3) is 0 Å². The number of carbonyl (C=O) groups is 1. The van der Waals surface area contributed by atoms with E-state index in [0.29, 0.717) is 31.9 Å². The van der Waals surface area contributed by atoms with Gasteiger partial charge in [-0.3, -0.25) is 0 Å². The monoisotopic (exact) mass is 397 g/mol. The largest absolute Gasteiger partial charge is 0.369 e. The smallest absolute Gasteiger partial charge is 0.321 e. The Balaban J connectivity index is 1.29. The van der Waals surface area contributed by atoms with Crippen LogP contribution in [0.3, 0.4) is 0 Å². The molecule has 0 unspecified atom stereocenters. The highest BCUT2D eigenvalue weighted by Gasteiger charge is 2.23. The molecular formula is C22H28FN5O. The van der Waals surface area contributed by atoms with E-state index >= 15 is 0 Å². The van der Waals surface area contributed by atoms with Crippen molar-refractivity contribution >= 4 is 23.1 Å². The molecule has 2 aliphatic rings. The second kappa shape index (κ2) is 8.69. The van der Waals surface area contributed by atoms with Gasteiger partial charge in [0, 0.05) is 63.7 Å². The molecule has 0 saturated carbocycles. The standard InChI is InChI=1S/C22H28FN5O/c1-25-10-12-26(13-11-25)19-8-6-18(7-9-19)24-22(29)28-16-14-27(15-17-28)21-5-3-2-4-20(21)23/h2-9H,10-17H2,1H3,(H,24,29). The van der Waals surface area contributed by atoms with E-state index in [1.54, 1.807) is 17.0 Å². The predicted molar refractivity (Wildman–Crippen MR) is 115 cm³/mol. The maximum absolute atomic E-state index is 14.0. The van der Waals surface area contributed by atoms with E-state index in [9.17, 15) is 9.18 Å². The Kier molecular flexibility index (Phi) is 5.85. The normalized spacial score (nSPS) is 18.1. The van der Waals surface area contributed by atoms with E-state index in [0.717, 1.165) is 31.9 Å². The van der Waals surface area contributed by atoms with Crippen molar-refractivity contribution in [2.75, 3.05) is 74.5 Å². The molecule has 0 bridgehead atoms. The van der Waals surface area contributed by atoms with Crippen molar-refractivity contribution in [3.8, 4) is 0 Å². The number of carbonyl (C=O) groups excluding carboxylic acids is 1. The van der Waals surface area contributed by atoms with Gasteiger partial charge in [-0.1, -0.05) is 12.1 Å². The lowest BCUT2D eigenvalue weighted by atomic mass is 10.2. The molecule has 29 heavy (non-hydrogen) atoms. The first kappa shape index (κ1) is 19.5. The molecule has 2 amide bonds. The molecule has 0 radical (unpaired) electrons. The van der Waals surface area contributed by atoms with Gasteiger partial charge in [0.15, 0.2) is 0 Å². The number of nitrogens with zero attached hydrogens (tertiary/aromatic N) is 4. The molecule has 6 nitrogen and oxygen atoms in total. The SMILES string of the molecule is CN1CCN(c2ccc(NC(=O)N3CCN(c4ccccc4F)CC3)cc2)CC1. The lowest BCUT2D eigenvalue weighted by molar-refractivity contribution is 0.208. The summed E-state index contributed by atoms with van der Waals surface area (Å²) >= 11 is 0. The topological polar surface area (TPSA) is 42.1 Å². The second-order valence-corrected chi connectivity index (χ2v) is 7.69. The van der Waals surface area contributed by atoms with Crippen LogP contribution in [-0.4, -0.2) is 75.2 Å². The van der Waals surface area contributed by atoms with E-state index in [1.165, 1.54) is 11.8 Å². The van der Waals surface area contributed by atoms with Crippen LogP contribution in [0.4, 0.5) is 26.2 Å². The van der Waals surface area contributed by atoms with E-state index in [2.05, 4.69) is 34.3 Å². The van der Waals surface area contributed by atoms with Crippen LogP contribution in [0.15, 0.2) is 48.5 Å². The van der Waals surface area contributed by atoms with Crippen LogP contribution < -0.4 is 15.1 Å². The Bertz CT molecular complexity index is 827. The summed E-state index contributed by atoms with van der Waals surface area (Å²) in [5.74, 6) is -0.217. The number of hydrogen-bond donors (Lipinski definition) is 1. The van der Waals surface area contributed by atoms with Crippen LogP contribution in [0.1, 0.15) is 0 Å². The Morgan fingerprint density at radius 1 is 0.828 bits per heavy atom. The molecule has 7 heteroatoms. The highest BCUT2D eigenvalue weighted by atomic mass is 19.1. The molecule has 0 aromatic heterocycles. The first-order chi connectivity index (χ1) is 14.1. The zero-order valence-corrected chi connectivity index (χ0v) is 16.9. The van der Waals surface area contributed by atoms with Gasteiger partial charge in [0.05, 0.1) is 5.69 Å². The molecule has 0 atom stereocenters. The number of amides is 2. The summed E-state index contributed by atoms with van der Waals surface area (Å²) in [7, 11) is 2.14. The zero-order valence-electron chi connectivity index (χ0n) is 16.9. The summed E-state index contributed by atoms with van der Waals surface area (Å²) in [6, 6.07) is 14.7.